The maximum absolute atomic E-state index is 9.17. The molecule has 0 aromatic heterocycles. The quantitative estimate of drug-likeness (QED) is 0.415. The van der Waals surface area contributed by atoms with Crippen LogP contribution in [0, 0.1) is 0 Å². The first-order valence-electron chi connectivity index (χ1n) is 3.99. The van der Waals surface area contributed by atoms with E-state index in [0.717, 1.165) is 0 Å². The summed E-state index contributed by atoms with van der Waals surface area (Å²) in [7, 11) is 4.13. The van der Waals surface area contributed by atoms with Gasteiger partial charge in [0.25, 0.3) is 0 Å². The highest BCUT2D eigenvalue weighted by Gasteiger charge is 2.60. The van der Waals surface area contributed by atoms with E-state index >= 15 is 0 Å². The summed E-state index contributed by atoms with van der Waals surface area (Å²) in [4.78, 5) is 0. The highest BCUT2D eigenvalue weighted by molar-refractivity contribution is 7.09. The highest BCUT2D eigenvalue weighted by Crippen LogP contribution is 2.41. The average molecular weight is 190 g/mol. The van der Waals surface area contributed by atoms with E-state index in [-0.39, 0.29) is 24.8 Å². The normalized spacial score (nSPS) is 51.7. The smallest absolute Gasteiger partial charge is 0.143 e. The van der Waals surface area contributed by atoms with Crippen molar-refractivity contribution in [2.75, 3.05) is 13.2 Å². The Hall–Kier alpha value is 0.335. The SMILES string of the molecule is BC1OC2(CO)COC1[C@@H]2OP. The van der Waals surface area contributed by atoms with E-state index in [4.69, 9.17) is 19.1 Å². The maximum atomic E-state index is 9.17. The van der Waals surface area contributed by atoms with Crippen molar-refractivity contribution >= 4 is 17.3 Å². The lowest BCUT2D eigenvalue weighted by atomic mass is 9.92. The monoisotopic (exact) mass is 190 g/mol. The lowest BCUT2D eigenvalue weighted by molar-refractivity contribution is -0.135. The van der Waals surface area contributed by atoms with Crippen LogP contribution in [0.3, 0.4) is 0 Å². The lowest BCUT2D eigenvalue weighted by Crippen LogP contribution is -2.44. The van der Waals surface area contributed by atoms with Crippen LogP contribution in [-0.2, 0) is 14.0 Å². The molecule has 0 aliphatic carbocycles. The van der Waals surface area contributed by atoms with E-state index in [2.05, 4.69) is 9.47 Å². The maximum Gasteiger partial charge on any atom is 0.143 e. The largest absolute Gasteiger partial charge is 0.393 e. The van der Waals surface area contributed by atoms with Gasteiger partial charge in [0.05, 0.1) is 19.2 Å². The van der Waals surface area contributed by atoms with Crippen molar-refractivity contribution in [2.45, 2.75) is 23.8 Å². The molecule has 0 spiro atoms. The first-order chi connectivity index (χ1) is 5.73. The Morgan fingerprint density at radius 1 is 1.75 bits per heavy atom. The Kier molecular flexibility index (Phi) is 2.17. The molecule has 4 unspecified atom stereocenters. The molecule has 1 N–H and O–H groups in total. The van der Waals surface area contributed by atoms with Crippen LogP contribution in [0.4, 0.5) is 0 Å². The molecule has 68 valence electrons. The molecule has 2 aliphatic rings. The highest BCUT2D eigenvalue weighted by atomic mass is 31.0. The van der Waals surface area contributed by atoms with E-state index in [9.17, 15) is 0 Å². The third-order valence-electron chi connectivity index (χ3n) is 2.63. The minimum atomic E-state index is -0.619. The number of hydrogen-bond donors (Lipinski definition) is 1. The second-order valence-corrected chi connectivity index (χ2v) is 3.65. The van der Waals surface area contributed by atoms with E-state index in [1.807, 2.05) is 7.85 Å². The number of hydrogen-bond acceptors (Lipinski definition) is 4. The van der Waals surface area contributed by atoms with Gasteiger partial charge in [0, 0.05) is 9.47 Å². The standard InChI is InChI=1S/C6H12BO4P/c7-5-3-4(11-12)6(1-8,10-5)2-9-3/h3-5,8H,1-2,7,12H2/t3?,4-,5?,6?/m0/s1. The minimum Gasteiger partial charge on any atom is -0.393 e. The predicted octanol–water partition coefficient (Wildman–Crippen LogP) is -1.72. The molecule has 2 rings (SSSR count). The molecule has 0 aromatic rings. The molecule has 0 aromatic carbocycles. The second-order valence-electron chi connectivity index (χ2n) is 3.38. The summed E-state index contributed by atoms with van der Waals surface area (Å²) in [6, 6.07) is 0.0106. The van der Waals surface area contributed by atoms with Crippen molar-refractivity contribution in [1.29, 1.82) is 0 Å². The minimum absolute atomic E-state index is 0.0106. The number of ether oxygens (including phenoxy) is 2. The first kappa shape index (κ1) is 8.91. The van der Waals surface area contributed by atoms with E-state index < -0.39 is 5.60 Å². The van der Waals surface area contributed by atoms with Gasteiger partial charge in [-0.1, -0.05) is 0 Å². The molecule has 2 fully saturated rings. The first-order valence-corrected chi connectivity index (χ1v) is 4.46. The molecule has 4 nitrogen and oxygen atoms in total. The molecule has 2 saturated heterocycles. The molecular formula is C6H12BO4P. The van der Waals surface area contributed by atoms with Crippen molar-refractivity contribution in [1.82, 2.24) is 0 Å². The fourth-order valence-electron chi connectivity index (χ4n) is 2.00. The van der Waals surface area contributed by atoms with Crippen LogP contribution in [-0.4, -0.2) is 50.0 Å². The average Bonchev–Trinajstić information content (AvgIpc) is 2.56. The summed E-state index contributed by atoms with van der Waals surface area (Å²) in [5.74, 6) is 0. The molecule has 5 atom stereocenters. The van der Waals surface area contributed by atoms with Gasteiger partial charge >= 0.3 is 0 Å². The molecule has 12 heavy (non-hydrogen) atoms. The lowest BCUT2D eigenvalue weighted by Gasteiger charge is -2.27. The molecule has 2 aliphatic heterocycles. The fraction of sp³-hybridized carbons (Fsp3) is 1.00. The fourth-order valence-corrected chi connectivity index (χ4v) is 2.40. The van der Waals surface area contributed by atoms with Crippen molar-refractivity contribution in [3.63, 3.8) is 0 Å². The molecule has 6 heteroatoms. The van der Waals surface area contributed by atoms with Gasteiger partial charge in [-0.2, -0.15) is 0 Å². The molecule has 0 amide bonds. The molecular weight excluding hydrogens is 178 g/mol. The number of aliphatic hydroxyl groups excluding tert-OH is 1. The molecule has 2 bridgehead atoms. The second kappa shape index (κ2) is 2.93. The van der Waals surface area contributed by atoms with Crippen molar-refractivity contribution < 1.29 is 19.1 Å². The summed E-state index contributed by atoms with van der Waals surface area (Å²) in [5.41, 5.74) is -0.619. The Labute approximate surface area is 74.3 Å². The Bertz CT molecular complexity index is 192. The summed E-state index contributed by atoms with van der Waals surface area (Å²) < 4.78 is 16.2. The van der Waals surface area contributed by atoms with Gasteiger partial charge in [0.1, 0.15) is 25.7 Å². The van der Waals surface area contributed by atoms with Gasteiger partial charge < -0.3 is 19.1 Å². The zero-order valence-electron chi connectivity index (χ0n) is 6.90. The van der Waals surface area contributed by atoms with E-state index in [1.165, 1.54) is 0 Å². The topological polar surface area (TPSA) is 47.9 Å². The predicted molar refractivity (Wildman–Crippen MR) is 47.6 cm³/mol. The van der Waals surface area contributed by atoms with Gasteiger partial charge in [-0.25, -0.2) is 0 Å². The number of fused-ring (bicyclic) bond motifs is 2. The van der Waals surface area contributed by atoms with Gasteiger partial charge in [-0.15, -0.1) is 0 Å². The summed E-state index contributed by atoms with van der Waals surface area (Å²) in [6.45, 7) is 0.379. The third kappa shape index (κ3) is 0.979. The molecule has 0 saturated carbocycles. The molecule has 2 heterocycles. The van der Waals surface area contributed by atoms with Crippen LogP contribution in [0.25, 0.3) is 0 Å². The van der Waals surface area contributed by atoms with Crippen molar-refractivity contribution in [3.8, 4) is 0 Å². The Balaban J connectivity index is 2.23. The van der Waals surface area contributed by atoms with Gasteiger partial charge in [-0.3, -0.25) is 0 Å². The zero-order valence-corrected chi connectivity index (χ0v) is 8.05. The van der Waals surface area contributed by atoms with Gasteiger partial charge in [0.15, 0.2) is 0 Å². The third-order valence-corrected chi connectivity index (χ3v) is 2.93. The van der Waals surface area contributed by atoms with Crippen molar-refractivity contribution in [3.05, 3.63) is 0 Å². The number of rotatable bonds is 2. The van der Waals surface area contributed by atoms with Gasteiger partial charge in [-0.05, 0) is 0 Å². The summed E-state index contributed by atoms with van der Waals surface area (Å²) >= 11 is 0. The van der Waals surface area contributed by atoms with Crippen molar-refractivity contribution in [2.24, 2.45) is 0 Å². The van der Waals surface area contributed by atoms with E-state index in [0.29, 0.717) is 6.61 Å². The number of aliphatic hydroxyl groups is 1. The summed E-state index contributed by atoms with van der Waals surface area (Å²) in [6.07, 6.45) is -0.183. The van der Waals surface area contributed by atoms with Crippen LogP contribution in [0.1, 0.15) is 0 Å². The van der Waals surface area contributed by atoms with Crippen LogP contribution in [0.5, 0.6) is 0 Å². The summed E-state index contributed by atoms with van der Waals surface area (Å²) in [5, 5.41) is 9.17. The Morgan fingerprint density at radius 3 is 2.92 bits per heavy atom. The Morgan fingerprint density at radius 2 is 2.50 bits per heavy atom. The van der Waals surface area contributed by atoms with Crippen LogP contribution >= 0.6 is 9.47 Å². The van der Waals surface area contributed by atoms with E-state index in [1.54, 1.807) is 0 Å². The van der Waals surface area contributed by atoms with Crippen LogP contribution in [0.2, 0.25) is 0 Å². The molecule has 0 radical (unpaired) electrons. The van der Waals surface area contributed by atoms with Gasteiger partial charge in [0.2, 0.25) is 0 Å². The zero-order chi connectivity index (χ0) is 8.77. The van der Waals surface area contributed by atoms with Crippen LogP contribution in [0.15, 0.2) is 0 Å². The van der Waals surface area contributed by atoms with Crippen LogP contribution < -0.4 is 0 Å².